The molecule has 5 nitrogen and oxygen atoms in total. The number of carboxylic acid groups (broad SMARTS) is 1. The zero-order chi connectivity index (χ0) is 14.0. The van der Waals surface area contributed by atoms with Crippen molar-refractivity contribution in [2.75, 3.05) is 5.32 Å². The summed E-state index contributed by atoms with van der Waals surface area (Å²) < 4.78 is 5.46. The van der Waals surface area contributed by atoms with Gasteiger partial charge in [-0.2, -0.15) is 0 Å². The van der Waals surface area contributed by atoms with Crippen molar-refractivity contribution in [3.8, 4) is 0 Å². The van der Waals surface area contributed by atoms with Crippen molar-refractivity contribution in [1.82, 2.24) is 4.98 Å². The average molecular weight is 260 g/mol. The number of aryl methyl sites for hydroxylation is 3. The van der Waals surface area contributed by atoms with Gasteiger partial charge in [0.05, 0.1) is 23.5 Å². The van der Waals surface area contributed by atoms with Crippen molar-refractivity contribution in [2.45, 2.75) is 27.3 Å². The lowest BCUT2D eigenvalue weighted by atomic mass is 10.1. The van der Waals surface area contributed by atoms with Crippen LogP contribution in [-0.2, 0) is 6.54 Å². The Hall–Kier alpha value is -2.30. The van der Waals surface area contributed by atoms with Crippen LogP contribution >= 0.6 is 0 Å². The second kappa shape index (κ2) is 5.14. The monoisotopic (exact) mass is 260 g/mol. The van der Waals surface area contributed by atoms with E-state index in [0.29, 0.717) is 18.1 Å². The summed E-state index contributed by atoms with van der Waals surface area (Å²) in [6.07, 6.45) is 0. The molecule has 0 aliphatic carbocycles. The van der Waals surface area contributed by atoms with Crippen LogP contribution in [0.4, 0.5) is 5.69 Å². The molecule has 2 N–H and O–H groups in total. The number of anilines is 1. The van der Waals surface area contributed by atoms with Crippen LogP contribution in [0.2, 0.25) is 0 Å². The van der Waals surface area contributed by atoms with Crippen molar-refractivity contribution in [1.29, 1.82) is 0 Å². The maximum atomic E-state index is 11.2. The summed E-state index contributed by atoms with van der Waals surface area (Å²) in [5.74, 6) is 0.376. The molecule has 0 amide bonds. The van der Waals surface area contributed by atoms with Gasteiger partial charge in [-0.3, -0.25) is 0 Å². The van der Waals surface area contributed by atoms with Crippen LogP contribution in [0, 0.1) is 20.8 Å². The standard InChI is InChI=1S/C14H16N2O3/c1-8-5-4-6-11(14(17)18)13(8)15-7-12-16-9(2)10(3)19-12/h4-6,15H,7H2,1-3H3,(H,17,18). The minimum atomic E-state index is -0.953. The van der Waals surface area contributed by atoms with E-state index in [1.54, 1.807) is 12.1 Å². The number of aromatic nitrogens is 1. The van der Waals surface area contributed by atoms with Gasteiger partial charge in [0.2, 0.25) is 5.89 Å². The van der Waals surface area contributed by atoms with Gasteiger partial charge in [-0.25, -0.2) is 9.78 Å². The summed E-state index contributed by atoms with van der Waals surface area (Å²) >= 11 is 0. The molecule has 1 aromatic carbocycles. The highest BCUT2D eigenvalue weighted by Crippen LogP contribution is 2.21. The molecule has 0 unspecified atom stereocenters. The third kappa shape index (κ3) is 2.76. The largest absolute Gasteiger partial charge is 0.478 e. The van der Waals surface area contributed by atoms with Gasteiger partial charge in [-0.15, -0.1) is 0 Å². The van der Waals surface area contributed by atoms with E-state index in [0.717, 1.165) is 17.0 Å². The van der Waals surface area contributed by atoms with E-state index in [4.69, 9.17) is 9.52 Å². The third-order valence-electron chi connectivity index (χ3n) is 2.99. The molecule has 0 radical (unpaired) electrons. The van der Waals surface area contributed by atoms with Gasteiger partial charge in [0, 0.05) is 0 Å². The molecule has 0 aliphatic rings. The van der Waals surface area contributed by atoms with Crippen LogP contribution in [0.25, 0.3) is 0 Å². The Morgan fingerprint density at radius 1 is 1.37 bits per heavy atom. The maximum absolute atomic E-state index is 11.2. The molecule has 5 heteroatoms. The number of oxazole rings is 1. The van der Waals surface area contributed by atoms with Crippen molar-refractivity contribution in [2.24, 2.45) is 0 Å². The Morgan fingerprint density at radius 2 is 2.11 bits per heavy atom. The molecule has 19 heavy (non-hydrogen) atoms. The summed E-state index contributed by atoms with van der Waals surface area (Å²) in [6, 6.07) is 5.16. The van der Waals surface area contributed by atoms with Crippen LogP contribution in [-0.4, -0.2) is 16.1 Å². The fourth-order valence-electron chi connectivity index (χ4n) is 1.86. The highest BCUT2D eigenvalue weighted by atomic mass is 16.4. The van der Waals surface area contributed by atoms with E-state index < -0.39 is 5.97 Å². The van der Waals surface area contributed by atoms with Gasteiger partial charge >= 0.3 is 5.97 Å². The number of hydrogen-bond donors (Lipinski definition) is 2. The summed E-state index contributed by atoms with van der Waals surface area (Å²) in [5.41, 5.74) is 2.57. The Labute approximate surface area is 111 Å². The molecular weight excluding hydrogens is 244 g/mol. The van der Waals surface area contributed by atoms with E-state index in [-0.39, 0.29) is 5.56 Å². The average Bonchev–Trinajstić information content (AvgIpc) is 2.67. The first kappa shape index (κ1) is 13.1. The number of benzene rings is 1. The van der Waals surface area contributed by atoms with Crippen molar-refractivity contribution >= 4 is 11.7 Å². The van der Waals surface area contributed by atoms with Gasteiger partial charge in [0.15, 0.2) is 0 Å². The first-order valence-electron chi connectivity index (χ1n) is 5.98. The lowest BCUT2D eigenvalue weighted by molar-refractivity contribution is 0.0698. The minimum Gasteiger partial charge on any atom is -0.478 e. The number of carboxylic acids is 1. The SMILES string of the molecule is Cc1cccc(C(=O)O)c1NCc1nc(C)c(C)o1. The molecule has 0 spiro atoms. The number of nitrogens with zero attached hydrogens (tertiary/aromatic N) is 1. The van der Waals surface area contributed by atoms with Crippen LogP contribution < -0.4 is 5.32 Å². The molecule has 1 heterocycles. The van der Waals surface area contributed by atoms with Crippen molar-refractivity contribution < 1.29 is 14.3 Å². The third-order valence-corrected chi connectivity index (χ3v) is 2.99. The Bertz CT molecular complexity index is 598. The highest BCUT2D eigenvalue weighted by Gasteiger charge is 2.13. The number of hydrogen-bond acceptors (Lipinski definition) is 4. The molecule has 0 fully saturated rings. The van der Waals surface area contributed by atoms with E-state index in [2.05, 4.69) is 10.3 Å². The fourth-order valence-corrected chi connectivity index (χ4v) is 1.86. The second-order valence-electron chi connectivity index (χ2n) is 4.41. The molecule has 2 aromatic rings. The molecule has 100 valence electrons. The molecule has 0 saturated heterocycles. The normalized spacial score (nSPS) is 10.5. The molecule has 0 atom stereocenters. The van der Waals surface area contributed by atoms with Gasteiger partial charge in [0.25, 0.3) is 0 Å². The van der Waals surface area contributed by atoms with Crippen LogP contribution in [0.3, 0.4) is 0 Å². The van der Waals surface area contributed by atoms with Crippen molar-refractivity contribution in [3.63, 3.8) is 0 Å². The lowest BCUT2D eigenvalue weighted by Gasteiger charge is -2.10. The molecule has 0 aliphatic heterocycles. The number of para-hydroxylation sites is 1. The number of nitrogens with one attached hydrogen (secondary N) is 1. The molecule has 2 rings (SSSR count). The second-order valence-corrected chi connectivity index (χ2v) is 4.41. The number of rotatable bonds is 4. The van der Waals surface area contributed by atoms with E-state index in [1.807, 2.05) is 26.8 Å². The van der Waals surface area contributed by atoms with Crippen molar-refractivity contribution in [3.05, 3.63) is 46.7 Å². The van der Waals surface area contributed by atoms with E-state index in [9.17, 15) is 4.79 Å². The number of carbonyl (C=O) groups is 1. The van der Waals surface area contributed by atoms with Gasteiger partial charge in [-0.05, 0) is 32.4 Å². The van der Waals surface area contributed by atoms with Crippen LogP contribution in [0.5, 0.6) is 0 Å². The van der Waals surface area contributed by atoms with Crippen LogP contribution in [0.1, 0.15) is 33.3 Å². The van der Waals surface area contributed by atoms with E-state index in [1.165, 1.54) is 0 Å². The minimum absolute atomic E-state index is 0.250. The highest BCUT2D eigenvalue weighted by molar-refractivity contribution is 5.95. The summed E-state index contributed by atoms with van der Waals surface area (Å²) in [6.45, 7) is 5.95. The van der Waals surface area contributed by atoms with E-state index >= 15 is 0 Å². The van der Waals surface area contributed by atoms with Gasteiger partial charge in [0.1, 0.15) is 5.76 Å². The number of aromatic carboxylic acids is 1. The predicted molar refractivity (Wildman–Crippen MR) is 71.4 cm³/mol. The quantitative estimate of drug-likeness (QED) is 0.884. The Morgan fingerprint density at radius 3 is 2.68 bits per heavy atom. The summed E-state index contributed by atoms with van der Waals surface area (Å²) in [5, 5.41) is 12.2. The van der Waals surface area contributed by atoms with Gasteiger partial charge in [-0.1, -0.05) is 12.1 Å². The van der Waals surface area contributed by atoms with Gasteiger partial charge < -0.3 is 14.8 Å². The molecular formula is C14H16N2O3. The topological polar surface area (TPSA) is 75.4 Å². The first-order chi connectivity index (χ1) is 8.99. The molecule has 0 bridgehead atoms. The Kier molecular flexibility index (Phi) is 3.55. The predicted octanol–water partition coefficient (Wildman–Crippen LogP) is 2.91. The lowest BCUT2D eigenvalue weighted by Crippen LogP contribution is -2.08. The van der Waals surface area contributed by atoms with Crippen LogP contribution in [0.15, 0.2) is 22.6 Å². The maximum Gasteiger partial charge on any atom is 0.337 e. The fraction of sp³-hybridized carbons (Fsp3) is 0.286. The first-order valence-corrected chi connectivity index (χ1v) is 5.98. The summed E-state index contributed by atoms with van der Waals surface area (Å²) in [7, 11) is 0. The smallest absolute Gasteiger partial charge is 0.337 e. The zero-order valence-electron chi connectivity index (χ0n) is 11.2. The molecule has 1 aromatic heterocycles. The zero-order valence-corrected chi connectivity index (χ0v) is 11.2. The summed E-state index contributed by atoms with van der Waals surface area (Å²) in [4.78, 5) is 15.4. The molecule has 0 saturated carbocycles. The Balaban J connectivity index is 2.21.